The lowest BCUT2D eigenvalue weighted by Crippen LogP contribution is -2.31. The second kappa shape index (κ2) is 9.10. The predicted molar refractivity (Wildman–Crippen MR) is 134 cm³/mol. The van der Waals surface area contributed by atoms with Crippen molar-refractivity contribution in [1.82, 2.24) is 19.7 Å². The summed E-state index contributed by atoms with van der Waals surface area (Å²) >= 11 is 18.9. The maximum atomic E-state index is 13.5. The number of nitrogens with zero attached hydrogens (tertiary/aromatic N) is 4. The summed E-state index contributed by atoms with van der Waals surface area (Å²) in [6.45, 7) is 1.82. The summed E-state index contributed by atoms with van der Waals surface area (Å²) < 4.78 is 1.66. The normalized spacial score (nSPS) is 15.0. The number of anilines is 2. The Morgan fingerprint density at radius 2 is 1.85 bits per heavy atom. The molecule has 7 nitrogen and oxygen atoms in total. The summed E-state index contributed by atoms with van der Waals surface area (Å²) in [5.74, 6) is 0.593. The minimum absolute atomic E-state index is 0.311. The van der Waals surface area contributed by atoms with Crippen molar-refractivity contribution < 1.29 is 4.79 Å². The second-order valence-corrected chi connectivity index (χ2v) is 8.84. The average Bonchev–Trinajstić information content (AvgIpc) is 3.24. The van der Waals surface area contributed by atoms with Gasteiger partial charge < -0.3 is 10.6 Å². The maximum Gasteiger partial charge on any atom is 0.255 e. The van der Waals surface area contributed by atoms with Crippen molar-refractivity contribution in [3.8, 4) is 11.4 Å². The summed E-state index contributed by atoms with van der Waals surface area (Å²) in [7, 11) is 0. The number of hydrogen-bond donors (Lipinski definition) is 2. The number of pyridine rings is 1. The van der Waals surface area contributed by atoms with Gasteiger partial charge >= 0.3 is 0 Å². The number of fused-ring (bicyclic) bond motifs is 1. The fourth-order valence-electron chi connectivity index (χ4n) is 3.83. The van der Waals surface area contributed by atoms with E-state index in [1.54, 1.807) is 47.4 Å². The molecule has 1 aliphatic heterocycles. The number of carbonyl (C=O) groups is 1. The number of allylic oxidation sites excluding steroid dienone is 1. The average molecular weight is 512 g/mol. The SMILES string of the molecule is CC1=C(C(=O)Nc2cccnc2)C(c2ccc(Cl)c(Cl)c2)n2nc(-c3ccccc3Cl)nc2N1. The Bertz CT molecular complexity index is 1430. The lowest BCUT2D eigenvalue weighted by molar-refractivity contribution is -0.113. The number of hydrogen-bond acceptors (Lipinski definition) is 5. The zero-order valence-corrected chi connectivity index (χ0v) is 20.0. The first kappa shape index (κ1) is 22.4. The van der Waals surface area contributed by atoms with Crippen LogP contribution in [0.2, 0.25) is 15.1 Å². The van der Waals surface area contributed by atoms with Gasteiger partial charge in [-0.15, -0.1) is 5.10 Å². The molecule has 0 saturated heterocycles. The van der Waals surface area contributed by atoms with Gasteiger partial charge in [0.2, 0.25) is 5.95 Å². The summed E-state index contributed by atoms with van der Waals surface area (Å²) in [6.07, 6.45) is 3.22. The summed E-state index contributed by atoms with van der Waals surface area (Å²) in [5, 5.41) is 12.1. The van der Waals surface area contributed by atoms with Crippen LogP contribution in [0, 0.1) is 0 Å². The van der Waals surface area contributed by atoms with E-state index in [4.69, 9.17) is 39.9 Å². The molecule has 5 rings (SSSR count). The third-order valence-electron chi connectivity index (χ3n) is 5.39. The Kier molecular flexibility index (Phi) is 6.00. The van der Waals surface area contributed by atoms with E-state index < -0.39 is 6.04 Å². The van der Waals surface area contributed by atoms with E-state index in [-0.39, 0.29) is 5.91 Å². The van der Waals surface area contributed by atoms with E-state index in [1.165, 1.54) is 0 Å². The monoisotopic (exact) mass is 510 g/mol. The first-order chi connectivity index (χ1) is 16.4. The Hall–Kier alpha value is -3.39. The van der Waals surface area contributed by atoms with Gasteiger partial charge in [-0.1, -0.05) is 53.0 Å². The van der Waals surface area contributed by atoms with Gasteiger partial charge in [0, 0.05) is 17.5 Å². The number of halogens is 3. The van der Waals surface area contributed by atoms with Crippen LogP contribution in [0.15, 0.2) is 78.3 Å². The third kappa shape index (κ3) is 4.14. The standard InChI is InChI=1S/C24H17Cl3N6O/c1-13-20(23(34)30-15-5-4-10-28-12-15)21(14-8-9-18(26)19(27)11-14)33-24(29-13)31-22(32-33)16-6-2-3-7-17(16)25/h2-12,21H,1H3,(H,30,34)(H,29,31,32). The molecule has 0 radical (unpaired) electrons. The van der Waals surface area contributed by atoms with E-state index in [9.17, 15) is 4.79 Å². The van der Waals surface area contributed by atoms with Crippen LogP contribution in [-0.2, 0) is 4.79 Å². The van der Waals surface area contributed by atoms with Crippen LogP contribution in [0.4, 0.5) is 11.6 Å². The van der Waals surface area contributed by atoms with Gasteiger partial charge in [0.15, 0.2) is 5.82 Å². The van der Waals surface area contributed by atoms with Crippen molar-refractivity contribution in [3.63, 3.8) is 0 Å². The van der Waals surface area contributed by atoms with Crippen molar-refractivity contribution >= 4 is 52.3 Å². The minimum atomic E-state index is -0.619. The van der Waals surface area contributed by atoms with Crippen LogP contribution in [-0.4, -0.2) is 25.7 Å². The van der Waals surface area contributed by atoms with Crippen molar-refractivity contribution in [2.24, 2.45) is 0 Å². The molecule has 3 heterocycles. The Labute approximate surface area is 210 Å². The molecule has 10 heteroatoms. The molecule has 170 valence electrons. The lowest BCUT2D eigenvalue weighted by atomic mass is 9.95. The number of nitrogens with one attached hydrogen (secondary N) is 2. The van der Waals surface area contributed by atoms with Gasteiger partial charge in [0.25, 0.3) is 5.91 Å². The molecule has 4 aromatic rings. The van der Waals surface area contributed by atoms with E-state index >= 15 is 0 Å². The molecule has 1 amide bonds. The minimum Gasteiger partial charge on any atom is -0.328 e. The Morgan fingerprint density at radius 3 is 2.59 bits per heavy atom. The molecule has 34 heavy (non-hydrogen) atoms. The van der Waals surface area contributed by atoms with Gasteiger partial charge in [-0.25, -0.2) is 4.68 Å². The highest BCUT2D eigenvalue weighted by molar-refractivity contribution is 6.42. The summed E-state index contributed by atoms with van der Waals surface area (Å²) in [5.41, 5.74) is 3.05. The summed E-state index contributed by atoms with van der Waals surface area (Å²) in [6, 6.07) is 15.4. The van der Waals surface area contributed by atoms with Crippen molar-refractivity contribution in [2.45, 2.75) is 13.0 Å². The van der Waals surface area contributed by atoms with Crippen molar-refractivity contribution in [1.29, 1.82) is 0 Å². The Balaban J connectivity index is 1.64. The van der Waals surface area contributed by atoms with Gasteiger partial charge in [0.05, 0.1) is 32.5 Å². The molecule has 2 N–H and O–H groups in total. The highest BCUT2D eigenvalue weighted by Crippen LogP contribution is 2.39. The van der Waals surface area contributed by atoms with E-state index in [0.717, 1.165) is 5.56 Å². The summed E-state index contributed by atoms with van der Waals surface area (Å²) in [4.78, 5) is 22.2. The molecule has 0 spiro atoms. The molecule has 1 atom stereocenters. The highest BCUT2D eigenvalue weighted by Gasteiger charge is 2.35. The molecule has 0 aliphatic carbocycles. The third-order valence-corrected chi connectivity index (χ3v) is 6.46. The van der Waals surface area contributed by atoms with E-state index in [0.29, 0.717) is 49.4 Å². The smallest absolute Gasteiger partial charge is 0.255 e. The molecular weight excluding hydrogens is 495 g/mol. The van der Waals surface area contributed by atoms with Crippen molar-refractivity contribution in [2.75, 3.05) is 10.6 Å². The number of benzene rings is 2. The first-order valence-corrected chi connectivity index (χ1v) is 11.4. The molecule has 0 fully saturated rings. The van der Waals surface area contributed by atoms with Crippen LogP contribution >= 0.6 is 34.8 Å². The highest BCUT2D eigenvalue weighted by atomic mass is 35.5. The van der Waals surface area contributed by atoms with Crippen LogP contribution in [0.1, 0.15) is 18.5 Å². The predicted octanol–water partition coefficient (Wildman–Crippen LogP) is 6.23. The van der Waals surface area contributed by atoms with Crippen LogP contribution in [0.5, 0.6) is 0 Å². The second-order valence-electron chi connectivity index (χ2n) is 7.62. The van der Waals surface area contributed by atoms with Gasteiger partial charge in [-0.2, -0.15) is 4.98 Å². The largest absolute Gasteiger partial charge is 0.328 e. The molecule has 0 bridgehead atoms. The zero-order valence-electron chi connectivity index (χ0n) is 17.8. The molecule has 0 saturated carbocycles. The van der Waals surface area contributed by atoms with Gasteiger partial charge in [-0.05, 0) is 48.9 Å². The molecule has 2 aromatic heterocycles. The first-order valence-electron chi connectivity index (χ1n) is 10.3. The topological polar surface area (TPSA) is 84.7 Å². The molecule has 1 aliphatic rings. The van der Waals surface area contributed by atoms with Gasteiger partial charge in [0.1, 0.15) is 6.04 Å². The molecule has 1 unspecified atom stereocenters. The number of amides is 1. The van der Waals surface area contributed by atoms with Crippen molar-refractivity contribution in [3.05, 3.63) is 98.9 Å². The van der Waals surface area contributed by atoms with Crippen LogP contribution in [0.3, 0.4) is 0 Å². The van der Waals surface area contributed by atoms with E-state index in [1.807, 2.05) is 31.2 Å². The fourth-order valence-corrected chi connectivity index (χ4v) is 4.35. The van der Waals surface area contributed by atoms with E-state index in [2.05, 4.69) is 20.6 Å². The number of rotatable bonds is 4. The zero-order chi connectivity index (χ0) is 23.8. The quantitative estimate of drug-likeness (QED) is 0.339. The van der Waals surface area contributed by atoms with Gasteiger partial charge in [-0.3, -0.25) is 9.78 Å². The fraction of sp³-hybridized carbons (Fsp3) is 0.0833. The lowest BCUT2D eigenvalue weighted by Gasteiger charge is -2.28. The maximum absolute atomic E-state index is 13.5. The molecular formula is C24H17Cl3N6O. The Morgan fingerprint density at radius 1 is 1.03 bits per heavy atom. The van der Waals surface area contributed by atoms with Crippen LogP contribution in [0.25, 0.3) is 11.4 Å². The van der Waals surface area contributed by atoms with Crippen LogP contribution < -0.4 is 10.6 Å². The number of aromatic nitrogens is 4. The molecule has 2 aromatic carbocycles. The number of carbonyl (C=O) groups excluding carboxylic acids is 1.